The van der Waals surface area contributed by atoms with E-state index in [1.165, 1.54) is 0 Å². The Kier molecular flexibility index (Phi) is 5.71. The van der Waals surface area contributed by atoms with Crippen LogP contribution in [0.2, 0.25) is 5.02 Å². The highest BCUT2D eigenvalue weighted by atomic mass is 35.5. The lowest BCUT2D eigenvalue weighted by atomic mass is 9.90. The summed E-state index contributed by atoms with van der Waals surface area (Å²) in [5.74, 6) is 0.273. The van der Waals surface area contributed by atoms with Crippen molar-refractivity contribution in [2.75, 3.05) is 13.2 Å². The summed E-state index contributed by atoms with van der Waals surface area (Å²) < 4.78 is 7.05. The third-order valence-electron chi connectivity index (χ3n) is 4.75. The van der Waals surface area contributed by atoms with Gasteiger partial charge in [-0.05, 0) is 50.3 Å². The van der Waals surface area contributed by atoms with Gasteiger partial charge in [-0.25, -0.2) is 4.68 Å². The standard InChI is InChI=1S/C18H23ClN4O2/c1-3-16(13-7-9-25-10-8-13)20-18(24)17-12(2)23(22-21-17)15-6-4-5-14(19)11-15/h4-6,11,13,16H,3,7-10H2,1-2H3,(H,20,24). The van der Waals surface area contributed by atoms with E-state index in [4.69, 9.17) is 16.3 Å². The van der Waals surface area contributed by atoms with Crippen LogP contribution in [0.25, 0.3) is 5.69 Å². The van der Waals surface area contributed by atoms with E-state index in [0.717, 1.165) is 38.2 Å². The van der Waals surface area contributed by atoms with Crippen molar-refractivity contribution in [3.8, 4) is 5.69 Å². The van der Waals surface area contributed by atoms with Gasteiger partial charge in [0, 0.05) is 24.3 Å². The molecule has 1 unspecified atom stereocenters. The van der Waals surface area contributed by atoms with Gasteiger partial charge in [0.2, 0.25) is 0 Å². The maximum absolute atomic E-state index is 12.7. The molecule has 1 fully saturated rings. The summed E-state index contributed by atoms with van der Waals surface area (Å²) in [6.45, 7) is 5.46. The third kappa shape index (κ3) is 4.02. The monoisotopic (exact) mass is 362 g/mol. The van der Waals surface area contributed by atoms with Crippen molar-refractivity contribution < 1.29 is 9.53 Å². The number of nitrogens with zero attached hydrogens (tertiary/aromatic N) is 3. The number of carbonyl (C=O) groups is 1. The lowest BCUT2D eigenvalue weighted by Crippen LogP contribution is -2.42. The minimum atomic E-state index is -0.177. The van der Waals surface area contributed by atoms with Crippen LogP contribution in [0.5, 0.6) is 0 Å². The van der Waals surface area contributed by atoms with E-state index in [1.807, 2.05) is 19.1 Å². The van der Waals surface area contributed by atoms with Gasteiger partial charge >= 0.3 is 0 Å². The average molecular weight is 363 g/mol. The van der Waals surface area contributed by atoms with Gasteiger partial charge in [0.1, 0.15) is 0 Å². The number of carbonyl (C=O) groups excluding carboxylic acids is 1. The van der Waals surface area contributed by atoms with Crippen LogP contribution in [0.4, 0.5) is 0 Å². The van der Waals surface area contributed by atoms with Crippen molar-refractivity contribution in [3.05, 3.63) is 40.7 Å². The fourth-order valence-corrected chi connectivity index (χ4v) is 3.48. The lowest BCUT2D eigenvalue weighted by molar-refractivity contribution is 0.0510. The first kappa shape index (κ1) is 17.9. The maximum atomic E-state index is 12.7. The molecule has 6 nitrogen and oxygen atoms in total. The zero-order valence-electron chi connectivity index (χ0n) is 14.5. The van der Waals surface area contributed by atoms with Gasteiger partial charge in [-0.1, -0.05) is 29.8 Å². The fraction of sp³-hybridized carbons (Fsp3) is 0.500. The molecule has 1 aliphatic rings. The highest BCUT2D eigenvalue weighted by Gasteiger charge is 2.26. The average Bonchev–Trinajstić information content (AvgIpc) is 3.02. The first-order valence-electron chi connectivity index (χ1n) is 8.67. The van der Waals surface area contributed by atoms with Gasteiger partial charge in [-0.15, -0.1) is 5.10 Å². The Hall–Kier alpha value is -1.92. The van der Waals surface area contributed by atoms with Gasteiger partial charge in [0.15, 0.2) is 5.69 Å². The fourth-order valence-electron chi connectivity index (χ4n) is 3.30. The molecule has 2 aromatic rings. The Morgan fingerprint density at radius 1 is 1.44 bits per heavy atom. The SMILES string of the molecule is CCC(NC(=O)c1nnn(-c2cccc(Cl)c2)c1C)C1CCOCC1. The second-order valence-corrected chi connectivity index (χ2v) is 6.79. The summed E-state index contributed by atoms with van der Waals surface area (Å²) in [4.78, 5) is 12.7. The molecule has 7 heteroatoms. The normalized spacial score (nSPS) is 16.6. The molecule has 0 aliphatic carbocycles. The van der Waals surface area contributed by atoms with Crippen LogP contribution in [0.3, 0.4) is 0 Å². The molecule has 134 valence electrons. The molecule has 0 spiro atoms. The zero-order valence-corrected chi connectivity index (χ0v) is 15.3. The van der Waals surface area contributed by atoms with Crippen molar-refractivity contribution in [1.29, 1.82) is 0 Å². The molecule has 0 bridgehead atoms. The Morgan fingerprint density at radius 3 is 2.88 bits per heavy atom. The molecule has 1 aromatic carbocycles. The molecule has 0 saturated carbocycles. The smallest absolute Gasteiger partial charge is 0.273 e. The Bertz CT molecular complexity index is 740. The number of hydrogen-bond acceptors (Lipinski definition) is 4. The van der Waals surface area contributed by atoms with Crippen molar-refractivity contribution in [2.45, 2.75) is 39.2 Å². The van der Waals surface area contributed by atoms with Crippen molar-refractivity contribution in [3.63, 3.8) is 0 Å². The Morgan fingerprint density at radius 2 is 2.20 bits per heavy atom. The van der Waals surface area contributed by atoms with Gasteiger partial charge < -0.3 is 10.1 Å². The molecule has 1 aliphatic heterocycles. The van der Waals surface area contributed by atoms with Crippen LogP contribution in [-0.2, 0) is 4.74 Å². The number of ether oxygens (including phenoxy) is 1. The number of aromatic nitrogens is 3. The third-order valence-corrected chi connectivity index (χ3v) is 4.99. The van der Waals surface area contributed by atoms with E-state index in [0.29, 0.717) is 22.3 Å². The van der Waals surface area contributed by atoms with E-state index >= 15 is 0 Å². The van der Waals surface area contributed by atoms with Crippen LogP contribution in [0, 0.1) is 12.8 Å². The number of hydrogen-bond donors (Lipinski definition) is 1. The van der Waals surface area contributed by atoms with Crippen LogP contribution in [-0.4, -0.2) is 40.2 Å². The number of benzene rings is 1. The molecule has 3 rings (SSSR count). The molecule has 25 heavy (non-hydrogen) atoms. The van der Waals surface area contributed by atoms with Crippen molar-refractivity contribution >= 4 is 17.5 Å². The summed E-state index contributed by atoms with van der Waals surface area (Å²) in [7, 11) is 0. The summed E-state index contributed by atoms with van der Waals surface area (Å²) in [5.41, 5.74) is 1.83. The Balaban J connectivity index is 1.76. The van der Waals surface area contributed by atoms with Gasteiger partial charge in [-0.2, -0.15) is 0 Å². The minimum absolute atomic E-state index is 0.132. The van der Waals surface area contributed by atoms with Crippen molar-refractivity contribution in [2.24, 2.45) is 5.92 Å². The highest BCUT2D eigenvalue weighted by Crippen LogP contribution is 2.22. The molecule has 1 aromatic heterocycles. The van der Waals surface area contributed by atoms with Crippen LogP contribution >= 0.6 is 11.6 Å². The topological polar surface area (TPSA) is 69.0 Å². The van der Waals surface area contributed by atoms with Gasteiger partial charge in [0.25, 0.3) is 5.91 Å². The van der Waals surface area contributed by atoms with Crippen LogP contribution < -0.4 is 5.32 Å². The number of halogens is 1. The second kappa shape index (κ2) is 7.97. The number of nitrogens with one attached hydrogen (secondary N) is 1. The van der Waals surface area contributed by atoms with E-state index in [2.05, 4.69) is 22.6 Å². The van der Waals surface area contributed by atoms with Gasteiger partial charge in [-0.3, -0.25) is 4.79 Å². The Labute approximate surface area is 152 Å². The summed E-state index contributed by atoms with van der Waals surface area (Å²) in [6.07, 6.45) is 2.85. The quantitative estimate of drug-likeness (QED) is 0.887. The van der Waals surface area contributed by atoms with E-state index in [9.17, 15) is 4.79 Å². The molecule has 1 saturated heterocycles. The van der Waals surface area contributed by atoms with E-state index in [-0.39, 0.29) is 11.9 Å². The zero-order chi connectivity index (χ0) is 17.8. The maximum Gasteiger partial charge on any atom is 0.273 e. The molecule has 1 atom stereocenters. The number of amides is 1. The van der Waals surface area contributed by atoms with Crippen LogP contribution in [0.1, 0.15) is 42.4 Å². The van der Waals surface area contributed by atoms with Crippen LogP contribution in [0.15, 0.2) is 24.3 Å². The predicted molar refractivity (Wildman–Crippen MR) is 96.2 cm³/mol. The molecule has 0 radical (unpaired) electrons. The predicted octanol–water partition coefficient (Wildman–Crippen LogP) is 3.16. The molecular weight excluding hydrogens is 340 g/mol. The molecule has 1 amide bonds. The summed E-state index contributed by atoms with van der Waals surface area (Å²) in [6, 6.07) is 7.45. The first-order valence-corrected chi connectivity index (χ1v) is 9.04. The summed E-state index contributed by atoms with van der Waals surface area (Å²) in [5, 5.41) is 12.0. The largest absolute Gasteiger partial charge is 0.381 e. The highest BCUT2D eigenvalue weighted by molar-refractivity contribution is 6.30. The lowest BCUT2D eigenvalue weighted by Gasteiger charge is -2.30. The van der Waals surface area contributed by atoms with E-state index < -0.39 is 0 Å². The molecule has 2 heterocycles. The van der Waals surface area contributed by atoms with E-state index in [1.54, 1.807) is 16.8 Å². The van der Waals surface area contributed by atoms with Crippen molar-refractivity contribution in [1.82, 2.24) is 20.3 Å². The van der Waals surface area contributed by atoms with Gasteiger partial charge in [0.05, 0.1) is 11.4 Å². The first-order chi connectivity index (χ1) is 12.1. The molecular formula is C18H23ClN4O2. The summed E-state index contributed by atoms with van der Waals surface area (Å²) >= 11 is 6.04. The molecule has 1 N–H and O–H groups in total. The number of rotatable bonds is 5. The minimum Gasteiger partial charge on any atom is -0.381 e. The second-order valence-electron chi connectivity index (χ2n) is 6.35.